The number of hydrogen-bond acceptors (Lipinski definition) is 6. The number of aromatic amines is 1. The molecule has 0 amide bonds. The summed E-state index contributed by atoms with van der Waals surface area (Å²) in [6, 6.07) is 0. The van der Waals surface area contributed by atoms with E-state index >= 15 is 0 Å². The van der Waals surface area contributed by atoms with E-state index in [1.165, 1.54) is 6.33 Å². The van der Waals surface area contributed by atoms with Crippen LogP contribution in [0.2, 0.25) is 0 Å². The van der Waals surface area contributed by atoms with Crippen molar-refractivity contribution in [2.24, 2.45) is 0 Å². The maximum absolute atomic E-state index is 5.89. The van der Waals surface area contributed by atoms with Crippen LogP contribution in [0.1, 0.15) is 5.56 Å². The fourth-order valence-electron chi connectivity index (χ4n) is 1.69. The third-order valence-corrected chi connectivity index (χ3v) is 2.65. The molecule has 7 heteroatoms. The van der Waals surface area contributed by atoms with Crippen LogP contribution in [0.25, 0.3) is 11.3 Å². The van der Waals surface area contributed by atoms with E-state index in [4.69, 9.17) is 15.2 Å². The van der Waals surface area contributed by atoms with Crippen molar-refractivity contribution < 1.29 is 9.47 Å². The summed E-state index contributed by atoms with van der Waals surface area (Å²) in [4.78, 5) is 8.24. The van der Waals surface area contributed by atoms with E-state index in [-0.39, 0.29) is 6.29 Å². The molecule has 0 saturated carbocycles. The minimum Gasteiger partial charge on any atom is -0.383 e. The Morgan fingerprint density at radius 3 is 2.72 bits per heavy atom. The van der Waals surface area contributed by atoms with Crippen molar-refractivity contribution >= 4 is 5.82 Å². The number of ether oxygens (including phenoxy) is 2. The first-order valence-electron chi connectivity index (χ1n) is 5.40. The third-order valence-electron chi connectivity index (χ3n) is 2.65. The van der Waals surface area contributed by atoms with Crippen LogP contribution in [0.15, 0.2) is 18.7 Å². The lowest BCUT2D eigenvalue weighted by Crippen LogP contribution is -2.18. The number of nitrogens with two attached hydrogens (primary N) is 1. The van der Waals surface area contributed by atoms with Crippen molar-refractivity contribution in [1.29, 1.82) is 0 Å². The van der Waals surface area contributed by atoms with Gasteiger partial charge in [0, 0.05) is 38.0 Å². The molecule has 0 spiro atoms. The Hall–Kier alpha value is -1.99. The summed E-state index contributed by atoms with van der Waals surface area (Å²) in [5.41, 5.74) is 8.26. The van der Waals surface area contributed by atoms with E-state index in [2.05, 4.69) is 20.2 Å². The zero-order chi connectivity index (χ0) is 13.0. The summed E-state index contributed by atoms with van der Waals surface area (Å²) in [7, 11) is 3.15. The predicted octanol–water partition coefficient (Wildman–Crippen LogP) is 0.610. The summed E-state index contributed by atoms with van der Waals surface area (Å²) in [5, 5.41) is 6.64. The maximum atomic E-state index is 5.89. The van der Waals surface area contributed by atoms with Crippen LogP contribution < -0.4 is 5.73 Å². The smallest absolute Gasteiger partial charge is 0.161 e. The first-order chi connectivity index (χ1) is 8.76. The van der Waals surface area contributed by atoms with Gasteiger partial charge < -0.3 is 15.2 Å². The second-order valence-corrected chi connectivity index (χ2v) is 3.68. The molecule has 0 aliphatic carbocycles. The lowest BCUT2D eigenvalue weighted by molar-refractivity contribution is -0.100. The Labute approximate surface area is 104 Å². The number of aromatic nitrogens is 4. The summed E-state index contributed by atoms with van der Waals surface area (Å²) in [6.07, 6.45) is 4.94. The van der Waals surface area contributed by atoms with Crippen LogP contribution in [0.3, 0.4) is 0 Å². The predicted molar refractivity (Wildman–Crippen MR) is 65.5 cm³/mol. The fraction of sp³-hybridized carbons (Fsp3) is 0.364. The van der Waals surface area contributed by atoms with Crippen LogP contribution in [0, 0.1) is 0 Å². The molecule has 7 nitrogen and oxygen atoms in total. The van der Waals surface area contributed by atoms with Gasteiger partial charge in [-0.3, -0.25) is 5.10 Å². The molecule has 0 atom stereocenters. The standard InChI is InChI=1S/C11H15N5O2/c1-17-9(18-2)3-8-10(7-4-15-16-5-7)13-6-14-11(8)12/h4-6,9H,3H2,1-2H3,(H,15,16)(H2,12,13,14). The number of H-pyrrole nitrogens is 1. The van der Waals surface area contributed by atoms with Crippen molar-refractivity contribution in [3.8, 4) is 11.3 Å². The zero-order valence-corrected chi connectivity index (χ0v) is 10.3. The second-order valence-electron chi connectivity index (χ2n) is 3.68. The Balaban J connectivity index is 2.39. The Bertz CT molecular complexity index is 496. The largest absolute Gasteiger partial charge is 0.383 e. The molecule has 96 valence electrons. The molecule has 2 aromatic rings. The number of nitrogens with zero attached hydrogens (tertiary/aromatic N) is 3. The highest BCUT2D eigenvalue weighted by Gasteiger charge is 2.16. The van der Waals surface area contributed by atoms with Crippen molar-refractivity contribution in [1.82, 2.24) is 20.2 Å². The maximum Gasteiger partial charge on any atom is 0.161 e. The topological polar surface area (TPSA) is 98.9 Å². The van der Waals surface area contributed by atoms with Gasteiger partial charge in [-0.15, -0.1) is 0 Å². The van der Waals surface area contributed by atoms with E-state index in [1.807, 2.05) is 0 Å². The van der Waals surface area contributed by atoms with Crippen LogP contribution >= 0.6 is 0 Å². The van der Waals surface area contributed by atoms with Crippen LogP contribution in [0.5, 0.6) is 0 Å². The molecule has 18 heavy (non-hydrogen) atoms. The molecular formula is C11H15N5O2. The molecule has 0 unspecified atom stereocenters. The summed E-state index contributed by atoms with van der Waals surface area (Å²) >= 11 is 0. The van der Waals surface area contributed by atoms with Gasteiger partial charge in [0.15, 0.2) is 6.29 Å². The molecule has 0 aliphatic heterocycles. The summed E-state index contributed by atoms with van der Waals surface area (Å²) in [6.45, 7) is 0. The van der Waals surface area contributed by atoms with Gasteiger partial charge in [0.2, 0.25) is 0 Å². The molecular weight excluding hydrogens is 234 g/mol. The van der Waals surface area contributed by atoms with Crippen molar-refractivity contribution in [3.63, 3.8) is 0 Å². The number of anilines is 1. The van der Waals surface area contributed by atoms with E-state index in [0.717, 1.165) is 16.8 Å². The SMILES string of the molecule is COC(Cc1c(N)ncnc1-c1cn[nH]c1)OC. The monoisotopic (exact) mass is 249 g/mol. The number of hydrogen-bond donors (Lipinski definition) is 2. The van der Waals surface area contributed by atoms with E-state index in [1.54, 1.807) is 26.6 Å². The van der Waals surface area contributed by atoms with E-state index in [0.29, 0.717) is 12.2 Å². The third kappa shape index (κ3) is 2.47. The quantitative estimate of drug-likeness (QED) is 0.753. The van der Waals surface area contributed by atoms with Crippen molar-refractivity contribution in [2.45, 2.75) is 12.7 Å². The summed E-state index contributed by atoms with van der Waals surface area (Å²) < 4.78 is 10.3. The number of rotatable bonds is 5. The first-order valence-corrected chi connectivity index (χ1v) is 5.40. The highest BCUT2D eigenvalue weighted by atomic mass is 16.7. The molecule has 2 heterocycles. The molecule has 0 aromatic carbocycles. The lowest BCUT2D eigenvalue weighted by Gasteiger charge is -2.15. The van der Waals surface area contributed by atoms with Crippen LogP contribution in [-0.4, -0.2) is 40.7 Å². The Morgan fingerprint density at radius 2 is 2.11 bits per heavy atom. The van der Waals surface area contributed by atoms with Gasteiger partial charge in [-0.05, 0) is 0 Å². The minimum absolute atomic E-state index is 0.385. The Kier molecular flexibility index (Phi) is 3.85. The highest BCUT2D eigenvalue weighted by Crippen LogP contribution is 2.24. The van der Waals surface area contributed by atoms with Gasteiger partial charge in [0.1, 0.15) is 12.1 Å². The highest BCUT2D eigenvalue weighted by molar-refractivity contribution is 5.66. The number of nitrogens with one attached hydrogen (secondary N) is 1. The number of nitrogen functional groups attached to an aromatic ring is 1. The van der Waals surface area contributed by atoms with E-state index < -0.39 is 0 Å². The first kappa shape index (κ1) is 12.5. The lowest BCUT2D eigenvalue weighted by atomic mass is 10.1. The minimum atomic E-state index is -0.385. The molecule has 0 saturated heterocycles. The van der Waals surface area contributed by atoms with Gasteiger partial charge in [-0.25, -0.2) is 9.97 Å². The molecule has 2 aromatic heterocycles. The normalized spacial score (nSPS) is 11.1. The van der Waals surface area contributed by atoms with Gasteiger partial charge in [0.05, 0.1) is 11.9 Å². The summed E-state index contributed by atoms with van der Waals surface area (Å²) in [5.74, 6) is 0.417. The van der Waals surface area contributed by atoms with Crippen molar-refractivity contribution in [3.05, 3.63) is 24.3 Å². The van der Waals surface area contributed by atoms with Crippen LogP contribution in [0.4, 0.5) is 5.82 Å². The molecule has 0 aliphatic rings. The van der Waals surface area contributed by atoms with Gasteiger partial charge in [-0.1, -0.05) is 0 Å². The van der Waals surface area contributed by atoms with Gasteiger partial charge >= 0.3 is 0 Å². The van der Waals surface area contributed by atoms with Crippen molar-refractivity contribution in [2.75, 3.05) is 20.0 Å². The molecule has 0 bridgehead atoms. The second kappa shape index (κ2) is 5.56. The average Bonchev–Trinajstić information content (AvgIpc) is 2.91. The molecule has 0 radical (unpaired) electrons. The average molecular weight is 249 g/mol. The fourth-order valence-corrected chi connectivity index (χ4v) is 1.69. The van der Waals surface area contributed by atoms with Gasteiger partial charge in [0.25, 0.3) is 0 Å². The molecule has 2 rings (SSSR count). The Morgan fingerprint density at radius 1 is 1.33 bits per heavy atom. The number of methoxy groups -OCH3 is 2. The van der Waals surface area contributed by atoms with Gasteiger partial charge in [-0.2, -0.15) is 5.10 Å². The van der Waals surface area contributed by atoms with E-state index in [9.17, 15) is 0 Å². The molecule has 0 fully saturated rings. The zero-order valence-electron chi connectivity index (χ0n) is 10.3. The van der Waals surface area contributed by atoms with Crippen LogP contribution in [-0.2, 0) is 15.9 Å². The molecule has 3 N–H and O–H groups in total.